The number of aliphatic hydroxyl groups is 1. The average Bonchev–Trinajstić information content (AvgIpc) is 2.25. The molecule has 2 nitrogen and oxygen atoms in total. The van der Waals surface area contributed by atoms with Crippen LogP contribution >= 0.6 is 11.6 Å². The molecule has 1 aromatic carbocycles. The molecular formula is C11H14ClF2NO. The summed E-state index contributed by atoms with van der Waals surface area (Å²) in [6.45, 7) is 1.64. The van der Waals surface area contributed by atoms with Crippen molar-refractivity contribution in [2.75, 3.05) is 6.54 Å². The van der Waals surface area contributed by atoms with E-state index in [1.165, 1.54) is 0 Å². The fraction of sp³-hybridized carbons (Fsp3) is 0.455. The number of hydrogen-bond acceptors (Lipinski definition) is 2. The van der Waals surface area contributed by atoms with Crippen LogP contribution in [0.3, 0.4) is 0 Å². The molecule has 16 heavy (non-hydrogen) atoms. The summed E-state index contributed by atoms with van der Waals surface area (Å²) in [7, 11) is 0. The fourth-order valence-electron chi connectivity index (χ4n) is 1.32. The number of rotatable bonds is 5. The van der Waals surface area contributed by atoms with Gasteiger partial charge in [0.1, 0.15) is 6.10 Å². The van der Waals surface area contributed by atoms with Crippen molar-refractivity contribution in [1.29, 1.82) is 0 Å². The summed E-state index contributed by atoms with van der Waals surface area (Å²) in [6.07, 6.45) is -4.38. The highest BCUT2D eigenvalue weighted by atomic mass is 35.5. The molecule has 0 fully saturated rings. The van der Waals surface area contributed by atoms with Gasteiger partial charge in [-0.15, -0.1) is 0 Å². The molecule has 90 valence electrons. The van der Waals surface area contributed by atoms with Crippen LogP contribution in [-0.4, -0.2) is 24.2 Å². The van der Waals surface area contributed by atoms with E-state index in [-0.39, 0.29) is 12.6 Å². The predicted molar refractivity (Wildman–Crippen MR) is 59.9 cm³/mol. The Morgan fingerprint density at radius 1 is 1.38 bits per heavy atom. The molecule has 0 aromatic heterocycles. The SMILES string of the molecule is CC(NCC(O)C(F)F)c1ccccc1Cl. The van der Waals surface area contributed by atoms with Crippen LogP contribution in [0.1, 0.15) is 18.5 Å². The molecule has 5 heteroatoms. The molecule has 2 unspecified atom stereocenters. The molecule has 2 atom stereocenters. The van der Waals surface area contributed by atoms with Gasteiger partial charge in [0, 0.05) is 17.6 Å². The van der Waals surface area contributed by atoms with Crippen molar-refractivity contribution in [2.45, 2.75) is 25.5 Å². The van der Waals surface area contributed by atoms with E-state index in [9.17, 15) is 8.78 Å². The zero-order valence-electron chi connectivity index (χ0n) is 8.83. The first-order valence-electron chi connectivity index (χ1n) is 4.96. The Kier molecular flexibility index (Phi) is 5.12. The Morgan fingerprint density at radius 3 is 2.56 bits per heavy atom. The minimum Gasteiger partial charge on any atom is -0.386 e. The summed E-state index contributed by atoms with van der Waals surface area (Å²) in [5.41, 5.74) is 0.825. The first-order chi connectivity index (χ1) is 7.52. The Labute approximate surface area is 98.2 Å². The number of alkyl halides is 2. The van der Waals surface area contributed by atoms with Crippen LogP contribution in [0.4, 0.5) is 8.78 Å². The molecule has 0 aliphatic heterocycles. The third kappa shape index (κ3) is 3.70. The van der Waals surface area contributed by atoms with Crippen molar-refractivity contribution in [3.8, 4) is 0 Å². The van der Waals surface area contributed by atoms with Crippen LogP contribution in [0.15, 0.2) is 24.3 Å². The van der Waals surface area contributed by atoms with Crippen LogP contribution in [0.5, 0.6) is 0 Å². The standard InChI is InChI=1S/C11H14ClF2NO/c1-7(15-6-10(16)11(13)14)8-4-2-3-5-9(8)12/h2-5,7,10-11,15-16H,6H2,1H3. The topological polar surface area (TPSA) is 32.3 Å². The van der Waals surface area contributed by atoms with Crippen molar-refractivity contribution in [2.24, 2.45) is 0 Å². The Bertz CT molecular complexity index is 336. The fourth-order valence-corrected chi connectivity index (χ4v) is 1.62. The summed E-state index contributed by atoms with van der Waals surface area (Å²) >= 11 is 5.95. The molecule has 0 aliphatic carbocycles. The van der Waals surface area contributed by atoms with E-state index in [0.717, 1.165) is 5.56 Å². The first-order valence-corrected chi connectivity index (χ1v) is 5.34. The molecule has 0 aliphatic rings. The highest BCUT2D eigenvalue weighted by Gasteiger charge is 2.18. The van der Waals surface area contributed by atoms with E-state index in [2.05, 4.69) is 5.32 Å². The van der Waals surface area contributed by atoms with E-state index in [1.54, 1.807) is 19.1 Å². The minimum absolute atomic E-state index is 0.163. The smallest absolute Gasteiger partial charge is 0.265 e. The molecule has 0 radical (unpaired) electrons. The lowest BCUT2D eigenvalue weighted by atomic mass is 10.1. The second kappa shape index (κ2) is 6.13. The third-order valence-electron chi connectivity index (χ3n) is 2.30. The van der Waals surface area contributed by atoms with Crippen molar-refractivity contribution in [3.63, 3.8) is 0 Å². The van der Waals surface area contributed by atoms with E-state index < -0.39 is 12.5 Å². The van der Waals surface area contributed by atoms with E-state index in [1.807, 2.05) is 12.1 Å². The van der Waals surface area contributed by atoms with Gasteiger partial charge >= 0.3 is 0 Å². The Morgan fingerprint density at radius 2 is 2.00 bits per heavy atom. The number of nitrogens with one attached hydrogen (secondary N) is 1. The average molecular weight is 250 g/mol. The monoisotopic (exact) mass is 249 g/mol. The number of hydrogen-bond donors (Lipinski definition) is 2. The molecule has 0 amide bonds. The van der Waals surface area contributed by atoms with Crippen LogP contribution in [0.25, 0.3) is 0 Å². The minimum atomic E-state index is -2.73. The van der Waals surface area contributed by atoms with Gasteiger partial charge in [-0.25, -0.2) is 8.78 Å². The third-order valence-corrected chi connectivity index (χ3v) is 2.64. The Hall–Kier alpha value is -0.710. The van der Waals surface area contributed by atoms with E-state index in [0.29, 0.717) is 5.02 Å². The van der Waals surface area contributed by atoms with Gasteiger partial charge in [-0.05, 0) is 18.6 Å². The maximum absolute atomic E-state index is 12.0. The molecule has 1 aromatic rings. The van der Waals surface area contributed by atoms with Gasteiger partial charge in [-0.1, -0.05) is 29.8 Å². The molecule has 2 N–H and O–H groups in total. The lowest BCUT2D eigenvalue weighted by Crippen LogP contribution is -2.33. The van der Waals surface area contributed by atoms with Gasteiger partial charge in [0.25, 0.3) is 6.43 Å². The molecule has 1 rings (SSSR count). The zero-order chi connectivity index (χ0) is 12.1. The summed E-state index contributed by atoms with van der Waals surface area (Å²) in [5, 5.41) is 12.3. The predicted octanol–water partition coefficient (Wildman–Crippen LogP) is 2.62. The van der Waals surface area contributed by atoms with Crippen molar-refractivity contribution < 1.29 is 13.9 Å². The lowest BCUT2D eigenvalue weighted by molar-refractivity contribution is -0.00439. The largest absolute Gasteiger partial charge is 0.386 e. The lowest BCUT2D eigenvalue weighted by Gasteiger charge is -2.17. The normalized spacial score (nSPS) is 15.1. The molecule has 0 saturated carbocycles. The van der Waals surface area contributed by atoms with Gasteiger partial charge in [0.15, 0.2) is 0 Å². The summed E-state index contributed by atoms with van der Waals surface area (Å²) < 4.78 is 24.1. The van der Waals surface area contributed by atoms with Crippen LogP contribution in [0, 0.1) is 0 Å². The summed E-state index contributed by atoms with van der Waals surface area (Å²) in [6, 6.07) is 6.99. The van der Waals surface area contributed by atoms with Crippen LogP contribution in [-0.2, 0) is 0 Å². The van der Waals surface area contributed by atoms with E-state index >= 15 is 0 Å². The first kappa shape index (κ1) is 13.4. The van der Waals surface area contributed by atoms with Gasteiger partial charge in [-0.2, -0.15) is 0 Å². The molecular weight excluding hydrogens is 236 g/mol. The molecule has 0 bridgehead atoms. The summed E-state index contributed by atoms with van der Waals surface area (Å²) in [5.74, 6) is 0. The quantitative estimate of drug-likeness (QED) is 0.841. The number of benzene rings is 1. The van der Waals surface area contributed by atoms with Crippen molar-refractivity contribution >= 4 is 11.6 Å². The number of halogens is 3. The van der Waals surface area contributed by atoms with Gasteiger partial charge in [-0.3, -0.25) is 0 Å². The van der Waals surface area contributed by atoms with Gasteiger partial charge < -0.3 is 10.4 Å². The van der Waals surface area contributed by atoms with Crippen LogP contribution < -0.4 is 5.32 Å². The van der Waals surface area contributed by atoms with Crippen LogP contribution in [0.2, 0.25) is 5.02 Å². The van der Waals surface area contributed by atoms with Gasteiger partial charge in [0.05, 0.1) is 0 Å². The molecule has 0 spiro atoms. The van der Waals surface area contributed by atoms with E-state index in [4.69, 9.17) is 16.7 Å². The highest BCUT2D eigenvalue weighted by molar-refractivity contribution is 6.31. The number of aliphatic hydroxyl groups excluding tert-OH is 1. The second-order valence-electron chi connectivity index (χ2n) is 3.55. The van der Waals surface area contributed by atoms with Crippen molar-refractivity contribution in [3.05, 3.63) is 34.9 Å². The molecule has 0 saturated heterocycles. The zero-order valence-corrected chi connectivity index (χ0v) is 9.59. The molecule has 0 heterocycles. The maximum atomic E-state index is 12.0. The maximum Gasteiger partial charge on any atom is 0.265 e. The Balaban J connectivity index is 2.53. The van der Waals surface area contributed by atoms with Gasteiger partial charge in [0.2, 0.25) is 0 Å². The summed E-state index contributed by atoms with van der Waals surface area (Å²) in [4.78, 5) is 0. The second-order valence-corrected chi connectivity index (χ2v) is 3.96. The highest BCUT2D eigenvalue weighted by Crippen LogP contribution is 2.22. The van der Waals surface area contributed by atoms with Crippen molar-refractivity contribution in [1.82, 2.24) is 5.32 Å².